The highest BCUT2D eigenvalue weighted by Crippen LogP contribution is 2.30. The molecule has 3 amide bonds. The van der Waals surface area contributed by atoms with Crippen LogP contribution in [-0.4, -0.2) is 98.5 Å². The standard InChI is InChI=1S/C30H36N4O9/c1-41-22-10-4-7-19(25(22)35)28(38)31-13-16-34(17-14-32-29(39)20-8-5-11-23(42-2)26(20)36)18-15-33-30(40)21-9-6-12-24(43-3)27(21)37/h4-12,35-37H,13-18H2,1-3H3,(H,31,38)(H,32,39)(H,33,40). The maximum absolute atomic E-state index is 12.7. The Bertz CT molecular complexity index is 1260. The molecule has 13 heteroatoms. The van der Waals surface area contributed by atoms with Gasteiger partial charge in [-0.3, -0.25) is 19.3 Å². The van der Waals surface area contributed by atoms with E-state index < -0.39 is 17.7 Å². The minimum Gasteiger partial charge on any atom is -0.504 e. The molecule has 3 aromatic rings. The Balaban J connectivity index is 1.61. The summed E-state index contributed by atoms with van der Waals surface area (Å²) in [6.45, 7) is 1.55. The molecule has 0 aliphatic heterocycles. The van der Waals surface area contributed by atoms with Crippen LogP contribution < -0.4 is 30.2 Å². The maximum Gasteiger partial charge on any atom is 0.255 e. The number of hydrogen-bond donors (Lipinski definition) is 6. The van der Waals surface area contributed by atoms with Gasteiger partial charge in [-0.2, -0.15) is 0 Å². The fraction of sp³-hybridized carbons (Fsp3) is 0.300. The van der Waals surface area contributed by atoms with E-state index in [2.05, 4.69) is 16.0 Å². The number of nitrogens with one attached hydrogen (secondary N) is 3. The smallest absolute Gasteiger partial charge is 0.255 e. The third kappa shape index (κ3) is 8.42. The summed E-state index contributed by atoms with van der Waals surface area (Å²) in [4.78, 5) is 39.9. The molecule has 0 aliphatic carbocycles. The van der Waals surface area contributed by atoms with Crippen LogP contribution in [0.4, 0.5) is 0 Å². The third-order valence-corrected chi connectivity index (χ3v) is 6.53. The number of carbonyl (C=O) groups is 3. The summed E-state index contributed by atoms with van der Waals surface area (Å²) in [6.07, 6.45) is 0. The fourth-order valence-corrected chi connectivity index (χ4v) is 4.21. The summed E-state index contributed by atoms with van der Waals surface area (Å²) in [5.41, 5.74) is 0.171. The van der Waals surface area contributed by atoms with E-state index in [9.17, 15) is 29.7 Å². The molecule has 0 fully saturated rings. The molecular weight excluding hydrogens is 560 g/mol. The van der Waals surface area contributed by atoms with Crippen LogP contribution in [0.3, 0.4) is 0 Å². The van der Waals surface area contributed by atoms with Crippen LogP contribution in [0.5, 0.6) is 34.5 Å². The molecule has 0 saturated heterocycles. The van der Waals surface area contributed by atoms with Crippen molar-refractivity contribution in [2.75, 3.05) is 60.6 Å². The van der Waals surface area contributed by atoms with Gasteiger partial charge in [0.1, 0.15) is 0 Å². The lowest BCUT2D eigenvalue weighted by molar-refractivity contribution is 0.0944. The Kier molecular flexibility index (Phi) is 11.8. The number of carbonyl (C=O) groups excluding carboxylic acids is 3. The van der Waals surface area contributed by atoms with Gasteiger partial charge in [-0.1, -0.05) is 18.2 Å². The average Bonchev–Trinajstić information content (AvgIpc) is 3.00. The fourth-order valence-electron chi connectivity index (χ4n) is 4.21. The lowest BCUT2D eigenvalue weighted by Crippen LogP contribution is -2.43. The Hall–Kier alpha value is -5.17. The van der Waals surface area contributed by atoms with E-state index in [4.69, 9.17) is 14.2 Å². The number of para-hydroxylation sites is 3. The highest BCUT2D eigenvalue weighted by atomic mass is 16.5. The largest absolute Gasteiger partial charge is 0.504 e. The number of aromatic hydroxyl groups is 3. The predicted octanol–water partition coefficient (Wildman–Crippen LogP) is 1.72. The lowest BCUT2D eigenvalue weighted by atomic mass is 10.1. The molecule has 0 saturated carbocycles. The molecule has 0 heterocycles. The maximum atomic E-state index is 12.7. The number of ether oxygens (including phenoxy) is 3. The first kappa shape index (κ1) is 32.3. The van der Waals surface area contributed by atoms with Crippen molar-refractivity contribution in [1.82, 2.24) is 20.9 Å². The zero-order valence-corrected chi connectivity index (χ0v) is 24.2. The zero-order chi connectivity index (χ0) is 31.4. The Morgan fingerprint density at radius 3 is 1.09 bits per heavy atom. The second-order valence-electron chi connectivity index (χ2n) is 9.18. The number of methoxy groups -OCH3 is 3. The molecule has 230 valence electrons. The van der Waals surface area contributed by atoms with Crippen molar-refractivity contribution >= 4 is 17.7 Å². The molecule has 3 rings (SSSR count). The van der Waals surface area contributed by atoms with Gasteiger partial charge in [-0.15, -0.1) is 0 Å². The topological polar surface area (TPSA) is 179 Å². The Morgan fingerprint density at radius 1 is 0.558 bits per heavy atom. The van der Waals surface area contributed by atoms with E-state index in [1.54, 1.807) is 18.2 Å². The second kappa shape index (κ2) is 15.7. The summed E-state index contributed by atoms with van der Waals surface area (Å²) in [7, 11) is 4.16. The highest BCUT2D eigenvalue weighted by molar-refractivity contribution is 5.98. The van der Waals surface area contributed by atoms with Crippen LogP contribution in [0.25, 0.3) is 0 Å². The van der Waals surface area contributed by atoms with Gasteiger partial charge in [0.2, 0.25) is 0 Å². The first-order chi connectivity index (χ1) is 20.7. The molecule has 0 aliphatic rings. The molecule has 0 spiro atoms. The van der Waals surface area contributed by atoms with Crippen LogP contribution in [0.2, 0.25) is 0 Å². The number of nitrogens with zero attached hydrogens (tertiary/aromatic N) is 1. The molecule has 0 unspecified atom stereocenters. The minimum atomic E-state index is -0.500. The SMILES string of the molecule is COc1cccc(C(=O)NCCN(CCNC(=O)c2cccc(OC)c2O)CCNC(=O)c2cccc(OC)c2O)c1O. The van der Waals surface area contributed by atoms with Crippen molar-refractivity contribution in [2.45, 2.75) is 0 Å². The van der Waals surface area contributed by atoms with Crippen molar-refractivity contribution in [3.63, 3.8) is 0 Å². The molecule has 3 aromatic carbocycles. The van der Waals surface area contributed by atoms with E-state index in [1.807, 2.05) is 4.90 Å². The molecule has 0 radical (unpaired) electrons. The van der Waals surface area contributed by atoms with Gasteiger partial charge in [0.15, 0.2) is 34.5 Å². The molecular formula is C30H36N4O9. The first-order valence-corrected chi connectivity index (χ1v) is 13.4. The van der Waals surface area contributed by atoms with Crippen molar-refractivity contribution in [3.05, 3.63) is 71.3 Å². The first-order valence-electron chi connectivity index (χ1n) is 13.4. The normalized spacial score (nSPS) is 10.6. The number of phenolic OH excluding ortho intramolecular Hbond substituents is 3. The Morgan fingerprint density at radius 2 is 0.837 bits per heavy atom. The van der Waals surface area contributed by atoms with Gasteiger partial charge >= 0.3 is 0 Å². The van der Waals surface area contributed by atoms with Crippen molar-refractivity contribution in [2.24, 2.45) is 0 Å². The Labute approximate surface area is 249 Å². The third-order valence-electron chi connectivity index (χ3n) is 6.53. The molecule has 0 atom stereocenters. The van der Waals surface area contributed by atoms with Crippen LogP contribution >= 0.6 is 0 Å². The van der Waals surface area contributed by atoms with Gasteiger partial charge in [-0.05, 0) is 36.4 Å². The molecule has 43 heavy (non-hydrogen) atoms. The molecule has 0 aromatic heterocycles. The summed E-state index contributed by atoms with van der Waals surface area (Å²) >= 11 is 0. The zero-order valence-electron chi connectivity index (χ0n) is 24.2. The summed E-state index contributed by atoms with van der Waals surface area (Å²) in [5.74, 6) is -1.80. The molecule has 13 nitrogen and oxygen atoms in total. The minimum absolute atomic E-state index is 0.0571. The lowest BCUT2D eigenvalue weighted by Gasteiger charge is -2.23. The van der Waals surface area contributed by atoms with Crippen molar-refractivity contribution < 1.29 is 43.9 Å². The van der Waals surface area contributed by atoms with Gasteiger partial charge in [-0.25, -0.2) is 0 Å². The van der Waals surface area contributed by atoms with Crippen LogP contribution in [0, 0.1) is 0 Å². The molecule has 6 N–H and O–H groups in total. The number of benzene rings is 3. The monoisotopic (exact) mass is 596 g/mol. The predicted molar refractivity (Wildman–Crippen MR) is 157 cm³/mol. The number of rotatable bonds is 15. The number of phenols is 3. The van der Waals surface area contributed by atoms with E-state index in [0.29, 0.717) is 19.6 Å². The summed E-state index contributed by atoms with van der Waals surface area (Å²) in [5, 5.41) is 39.0. The highest BCUT2D eigenvalue weighted by Gasteiger charge is 2.18. The quantitative estimate of drug-likeness (QED) is 0.151. The van der Waals surface area contributed by atoms with E-state index in [-0.39, 0.29) is 70.8 Å². The average molecular weight is 597 g/mol. The van der Waals surface area contributed by atoms with Gasteiger partial charge in [0.25, 0.3) is 17.7 Å². The van der Waals surface area contributed by atoms with Crippen molar-refractivity contribution in [1.29, 1.82) is 0 Å². The summed E-state index contributed by atoms with van der Waals surface area (Å²) < 4.78 is 15.2. The van der Waals surface area contributed by atoms with E-state index >= 15 is 0 Å². The van der Waals surface area contributed by atoms with E-state index in [1.165, 1.54) is 57.7 Å². The van der Waals surface area contributed by atoms with E-state index in [0.717, 1.165) is 0 Å². The number of hydrogen-bond acceptors (Lipinski definition) is 10. The number of amides is 3. The van der Waals surface area contributed by atoms with Crippen molar-refractivity contribution in [3.8, 4) is 34.5 Å². The van der Waals surface area contributed by atoms with Gasteiger partial charge < -0.3 is 45.5 Å². The summed E-state index contributed by atoms with van der Waals surface area (Å²) in [6, 6.07) is 13.8. The second-order valence-corrected chi connectivity index (χ2v) is 9.18. The molecule has 0 bridgehead atoms. The van der Waals surface area contributed by atoms with Crippen LogP contribution in [-0.2, 0) is 0 Å². The van der Waals surface area contributed by atoms with Crippen LogP contribution in [0.15, 0.2) is 54.6 Å². The van der Waals surface area contributed by atoms with Crippen LogP contribution in [0.1, 0.15) is 31.1 Å². The van der Waals surface area contributed by atoms with Gasteiger partial charge in [0, 0.05) is 39.3 Å². The van der Waals surface area contributed by atoms with Gasteiger partial charge in [0.05, 0.1) is 38.0 Å².